The zero-order valence-corrected chi connectivity index (χ0v) is 21.1. The number of anilines is 2. The molecule has 0 aromatic heterocycles. The minimum Gasteiger partial charge on any atom is -0.355 e. The van der Waals surface area contributed by atoms with Crippen molar-refractivity contribution in [1.29, 1.82) is 0 Å². The molecule has 1 unspecified atom stereocenters. The second-order valence-electron chi connectivity index (χ2n) is 8.45. The molecule has 4 rings (SSSR count). The molecule has 188 valence electrons. The Hall–Kier alpha value is -3.40. The number of nitrogens with zero attached hydrogens (tertiary/aromatic N) is 1. The molecule has 0 radical (unpaired) electrons. The summed E-state index contributed by atoms with van der Waals surface area (Å²) >= 11 is 5.95. The van der Waals surface area contributed by atoms with Gasteiger partial charge in [-0.25, -0.2) is 13.2 Å². The number of hydrogen-bond acceptors (Lipinski definition) is 4. The van der Waals surface area contributed by atoms with Crippen molar-refractivity contribution in [2.24, 2.45) is 0 Å². The molecular weight excluding hydrogens is 500 g/mol. The number of hydrogen-bond donors (Lipinski definition) is 3. The van der Waals surface area contributed by atoms with Gasteiger partial charge in [0.2, 0.25) is 15.9 Å². The van der Waals surface area contributed by atoms with Crippen LogP contribution < -0.4 is 16.0 Å². The number of para-hydroxylation sites is 1. The Morgan fingerprint density at radius 2 is 1.56 bits per heavy atom. The highest BCUT2D eigenvalue weighted by Gasteiger charge is 2.36. The molecule has 0 aliphatic carbocycles. The average Bonchev–Trinajstić information content (AvgIpc) is 3.08. The van der Waals surface area contributed by atoms with Crippen molar-refractivity contribution in [3.05, 3.63) is 89.4 Å². The fourth-order valence-corrected chi connectivity index (χ4v) is 5.72. The first-order valence-electron chi connectivity index (χ1n) is 11.6. The Bertz CT molecular complexity index is 1300. The van der Waals surface area contributed by atoms with Gasteiger partial charge in [0.15, 0.2) is 0 Å². The van der Waals surface area contributed by atoms with E-state index in [2.05, 4.69) is 16.0 Å². The molecule has 8 nitrogen and oxygen atoms in total. The van der Waals surface area contributed by atoms with E-state index >= 15 is 0 Å². The smallest absolute Gasteiger partial charge is 0.323 e. The van der Waals surface area contributed by atoms with E-state index in [4.69, 9.17) is 11.6 Å². The SMILES string of the molecule is O=C(Nc1ccccc1)Nc1ccc(CN(C2CCCCNC2=O)S(=O)(=O)c2ccc(Cl)cc2)cc1. The summed E-state index contributed by atoms with van der Waals surface area (Å²) in [7, 11) is -3.99. The summed E-state index contributed by atoms with van der Waals surface area (Å²) in [6.07, 6.45) is 1.95. The first kappa shape index (κ1) is 25.7. The van der Waals surface area contributed by atoms with Gasteiger partial charge < -0.3 is 16.0 Å². The van der Waals surface area contributed by atoms with E-state index in [1.54, 1.807) is 36.4 Å². The zero-order valence-electron chi connectivity index (χ0n) is 19.5. The van der Waals surface area contributed by atoms with E-state index in [1.165, 1.54) is 28.6 Å². The molecule has 36 heavy (non-hydrogen) atoms. The molecule has 3 N–H and O–H groups in total. The number of halogens is 1. The van der Waals surface area contributed by atoms with Crippen LogP contribution in [-0.2, 0) is 21.4 Å². The third-order valence-electron chi connectivity index (χ3n) is 5.86. The molecule has 0 spiro atoms. The lowest BCUT2D eigenvalue weighted by Crippen LogP contribution is -2.48. The van der Waals surface area contributed by atoms with Gasteiger partial charge in [-0.15, -0.1) is 0 Å². The van der Waals surface area contributed by atoms with Gasteiger partial charge in [-0.1, -0.05) is 41.9 Å². The number of urea groups is 1. The van der Waals surface area contributed by atoms with Gasteiger partial charge in [0.1, 0.15) is 6.04 Å². The largest absolute Gasteiger partial charge is 0.355 e. The lowest BCUT2D eigenvalue weighted by atomic mass is 10.1. The first-order valence-corrected chi connectivity index (χ1v) is 13.4. The number of benzene rings is 3. The average molecular weight is 527 g/mol. The van der Waals surface area contributed by atoms with Crippen LogP contribution in [0.5, 0.6) is 0 Å². The van der Waals surface area contributed by atoms with Crippen molar-refractivity contribution < 1.29 is 18.0 Å². The van der Waals surface area contributed by atoms with E-state index in [0.29, 0.717) is 34.9 Å². The second-order valence-corrected chi connectivity index (χ2v) is 10.8. The van der Waals surface area contributed by atoms with Gasteiger partial charge in [0.05, 0.1) is 4.90 Å². The zero-order chi connectivity index (χ0) is 25.5. The standard InChI is InChI=1S/C26H27ClN4O4S/c27-20-11-15-23(16-12-20)36(34,35)31(24-8-4-5-17-28-25(24)32)18-19-9-13-22(14-10-19)30-26(33)29-21-6-2-1-3-7-21/h1-3,6-7,9-16,24H,4-5,8,17-18H2,(H,28,32)(H2,29,30,33). The van der Waals surface area contributed by atoms with Crippen LogP contribution in [0.1, 0.15) is 24.8 Å². The molecule has 0 bridgehead atoms. The van der Waals surface area contributed by atoms with Crippen LogP contribution in [0.2, 0.25) is 5.02 Å². The Morgan fingerprint density at radius 3 is 2.22 bits per heavy atom. The predicted octanol–water partition coefficient (Wildman–Crippen LogP) is 4.84. The molecule has 3 amide bonds. The number of carbonyl (C=O) groups excluding carboxylic acids is 2. The van der Waals surface area contributed by atoms with Crippen LogP contribution in [0.3, 0.4) is 0 Å². The van der Waals surface area contributed by atoms with Gasteiger partial charge in [0, 0.05) is 29.5 Å². The van der Waals surface area contributed by atoms with Crippen molar-refractivity contribution >= 4 is 44.9 Å². The highest BCUT2D eigenvalue weighted by molar-refractivity contribution is 7.89. The number of carbonyl (C=O) groups is 2. The van der Waals surface area contributed by atoms with Crippen molar-refractivity contribution in [3.63, 3.8) is 0 Å². The number of sulfonamides is 1. The van der Waals surface area contributed by atoms with Crippen LogP contribution in [0.4, 0.5) is 16.2 Å². The minimum absolute atomic E-state index is 0.000458. The number of amides is 3. The van der Waals surface area contributed by atoms with E-state index in [0.717, 1.165) is 12.8 Å². The summed E-state index contributed by atoms with van der Waals surface area (Å²) in [5.74, 6) is -0.305. The minimum atomic E-state index is -3.99. The molecule has 10 heteroatoms. The summed E-state index contributed by atoms with van der Waals surface area (Å²) in [5.41, 5.74) is 1.89. The predicted molar refractivity (Wildman–Crippen MR) is 140 cm³/mol. The molecule has 0 saturated carbocycles. The van der Waals surface area contributed by atoms with Crippen molar-refractivity contribution in [1.82, 2.24) is 9.62 Å². The fourth-order valence-electron chi connectivity index (χ4n) is 3.99. The Morgan fingerprint density at radius 1 is 0.917 bits per heavy atom. The van der Waals surface area contributed by atoms with Gasteiger partial charge in [-0.3, -0.25) is 4.79 Å². The number of nitrogens with one attached hydrogen (secondary N) is 3. The Balaban J connectivity index is 1.54. The highest BCUT2D eigenvalue weighted by Crippen LogP contribution is 2.26. The highest BCUT2D eigenvalue weighted by atomic mass is 35.5. The molecule has 1 aliphatic rings. The normalized spacial score (nSPS) is 16.2. The van der Waals surface area contributed by atoms with Gasteiger partial charge in [0.25, 0.3) is 0 Å². The third-order valence-corrected chi connectivity index (χ3v) is 7.98. The maximum atomic E-state index is 13.6. The molecule has 3 aromatic rings. The van der Waals surface area contributed by atoms with E-state index in [1.807, 2.05) is 18.2 Å². The van der Waals surface area contributed by atoms with E-state index in [9.17, 15) is 18.0 Å². The topological polar surface area (TPSA) is 108 Å². The maximum absolute atomic E-state index is 13.6. The summed E-state index contributed by atoms with van der Waals surface area (Å²) in [6.45, 7) is 0.523. The molecule has 1 aliphatic heterocycles. The third kappa shape index (κ3) is 6.42. The quantitative estimate of drug-likeness (QED) is 0.409. The lowest BCUT2D eigenvalue weighted by molar-refractivity contribution is -0.124. The molecular formula is C26H27ClN4O4S. The molecule has 1 fully saturated rings. The van der Waals surface area contributed by atoms with Gasteiger partial charge in [-0.05, 0) is 73.4 Å². The molecule has 1 heterocycles. The van der Waals surface area contributed by atoms with Crippen LogP contribution >= 0.6 is 11.6 Å². The summed E-state index contributed by atoms with van der Waals surface area (Å²) in [5, 5.41) is 8.74. The van der Waals surface area contributed by atoms with Crippen LogP contribution in [0.15, 0.2) is 83.8 Å². The Labute approximate surface area is 215 Å². The monoisotopic (exact) mass is 526 g/mol. The Kier molecular flexibility index (Phi) is 8.25. The van der Waals surface area contributed by atoms with Crippen LogP contribution in [0.25, 0.3) is 0 Å². The first-order chi connectivity index (χ1) is 17.3. The lowest BCUT2D eigenvalue weighted by Gasteiger charge is -2.29. The summed E-state index contributed by atoms with van der Waals surface area (Å²) in [4.78, 5) is 25.1. The fraction of sp³-hybridized carbons (Fsp3) is 0.231. The van der Waals surface area contributed by atoms with Crippen molar-refractivity contribution in [2.75, 3.05) is 17.2 Å². The summed E-state index contributed by atoms with van der Waals surface area (Å²) < 4.78 is 28.5. The van der Waals surface area contributed by atoms with Crippen LogP contribution in [0, 0.1) is 0 Å². The second kappa shape index (κ2) is 11.6. The number of rotatable bonds is 7. The summed E-state index contributed by atoms with van der Waals surface area (Å²) in [6, 6.07) is 20.6. The van der Waals surface area contributed by atoms with E-state index < -0.39 is 22.1 Å². The maximum Gasteiger partial charge on any atom is 0.323 e. The molecule has 1 atom stereocenters. The van der Waals surface area contributed by atoms with Crippen LogP contribution in [-0.4, -0.2) is 37.2 Å². The van der Waals surface area contributed by atoms with E-state index in [-0.39, 0.29) is 17.3 Å². The van der Waals surface area contributed by atoms with Gasteiger partial charge >= 0.3 is 6.03 Å². The van der Waals surface area contributed by atoms with Crippen molar-refractivity contribution in [2.45, 2.75) is 36.7 Å². The van der Waals surface area contributed by atoms with Gasteiger partial charge in [-0.2, -0.15) is 4.31 Å². The molecule has 3 aromatic carbocycles. The molecule has 1 saturated heterocycles. The van der Waals surface area contributed by atoms with Crippen molar-refractivity contribution in [3.8, 4) is 0 Å².